The molecule has 5 heteroatoms. The van der Waals surface area contributed by atoms with Crippen LogP contribution in [0.25, 0.3) is 0 Å². The van der Waals surface area contributed by atoms with E-state index in [1.807, 2.05) is 26.8 Å². The van der Waals surface area contributed by atoms with Gasteiger partial charge in [0.2, 0.25) is 0 Å². The van der Waals surface area contributed by atoms with Gasteiger partial charge in [0.25, 0.3) is 0 Å². The minimum atomic E-state index is -0.326. The Morgan fingerprint density at radius 3 is 2.38 bits per heavy atom. The normalized spacial score (nSPS) is 23.9. The topological polar surface area (TPSA) is 64.8 Å². The lowest BCUT2D eigenvalue weighted by Crippen LogP contribution is -2.48. The molecule has 0 aliphatic carbocycles. The monoisotopic (exact) mass is 294 g/mol. The van der Waals surface area contributed by atoms with Crippen LogP contribution in [0.1, 0.15) is 27.7 Å². The summed E-state index contributed by atoms with van der Waals surface area (Å²) in [5.41, 5.74) is 8.04. The van der Waals surface area contributed by atoms with Crippen molar-refractivity contribution in [2.24, 2.45) is 5.73 Å². The largest absolute Gasteiger partial charge is 0.445 e. The second kappa shape index (κ2) is 7.88. The van der Waals surface area contributed by atoms with Crippen LogP contribution < -0.4 is 5.73 Å². The van der Waals surface area contributed by atoms with Crippen LogP contribution in [0.3, 0.4) is 0 Å². The van der Waals surface area contributed by atoms with Gasteiger partial charge in [-0.2, -0.15) is 0 Å². The number of rotatable bonds is 4. The van der Waals surface area contributed by atoms with Gasteiger partial charge < -0.3 is 20.1 Å². The second-order valence-corrected chi connectivity index (χ2v) is 5.67. The van der Waals surface area contributed by atoms with Crippen molar-refractivity contribution >= 4 is 6.09 Å². The first-order chi connectivity index (χ1) is 9.77. The molecule has 0 bridgehead atoms. The minimum Gasteiger partial charge on any atom is -0.445 e. The number of carbonyl (C=O) groups excluding carboxylic acids is 1. The van der Waals surface area contributed by atoms with Gasteiger partial charge in [-0.25, -0.2) is 4.79 Å². The van der Waals surface area contributed by atoms with Crippen LogP contribution in [0, 0.1) is 0 Å². The molecule has 1 heterocycles. The van der Waals surface area contributed by atoms with Crippen molar-refractivity contribution in [3.05, 3.63) is 35.6 Å². The fourth-order valence-corrected chi connectivity index (χ4v) is 2.30. The molecular formula is C16H26N2O3. The summed E-state index contributed by atoms with van der Waals surface area (Å²) < 4.78 is 11.0. The van der Waals surface area contributed by atoms with Gasteiger partial charge in [0, 0.05) is 5.70 Å². The van der Waals surface area contributed by atoms with Gasteiger partial charge in [0.15, 0.2) is 0 Å². The van der Waals surface area contributed by atoms with Crippen LogP contribution >= 0.6 is 0 Å². The summed E-state index contributed by atoms with van der Waals surface area (Å²) in [6.07, 6.45) is 3.37. The lowest BCUT2D eigenvalue weighted by molar-refractivity contribution is -0.0631. The highest BCUT2D eigenvalue weighted by Gasteiger charge is 2.26. The molecule has 0 spiro atoms. The zero-order valence-corrected chi connectivity index (χ0v) is 13.4. The number of nitrogens with zero attached hydrogens (tertiary/aromatic N) is 1. The van der Waals surface area contributed by atoms with Crippen LogP contribution in [-0.2, 0) is 9.47 Å². The molecule has 0 unspecified atom stereocenters. The fraction of sp³-hybridized carbons (Fsp3) is 0.562. The summed E-state index contributed by atoms with van der Waals surface area (Å²) in [6.45, 7) is 12.7. The molecule has 1 aliphatic rings. The van der Waals surface area contributed by atoms with E-state index >= 15 is 0 Å². The summed E-state index contributed by atoms with van der Waals surface area (Å²) in [5, 5.41) is 0. The predicted octanol–water partition coefficient (Wildman–Crippen LogP) is 2.60. The average molecular weight is 294 g/mol. The number of nitrogens with two attached hydrogens (primary N) is 1. The second-order valence-electron chi connectivity index (χ2n) is 5.67. The smallest absolute Gasteiger partial charge is 0.410 e. The molecule has 0 radical (unpaired) electrons. The molecule has 0 aromatic heterocycles. The molecule has 2 N–H and O–H groups in total. The molecule has 1 amide bonds. The highest BCUT2D eigenvalue weighted by atomic mass is 16.6. The van der Waals surface area contributed by atoms with Crippen molar-refractivity contribution in [2.45, 2.75) is 39.9 Å². The summed E-state index contributed by atoms with van der Waals surface area (Å²) in [4.78, 5) is 13.8. The van der Waals surface area contributed by atoms with Gasteiger partial charge in [0.1, 0.15) is 6.61 Å². The van der Waals surface area contributed by atoms with Crippen molar-refractivity contribution in [3.63, 3.8) is 0 Å². The quantitative estimate of drug-likeness (QED) is 0.809. The number of hydrogen-bond acceptors (Lipinski definition) is 4. The van der Waals surface area contributed by atoms with E-state index in [1.165, 1.54) is 0 Å². The zero-order chi connectivity index (χ0) is 16.0. The van der Waals surface area contributed by atoms with E-state index < -0.39 is 0 Å². The van der Waals surface area contributed by atoms with Crippen molar-refractivity contribution in [2.75, 3.05) is 19.7 Å². The van der Waals surface area contributed by atoms with E-state index in [0.717, 1.165) is 11.1 Å². The van der Waals surface area contributed by atoms with Crippen LogP contribution in [0.5, 0.6) is 0 Å². The Labute approximate surface area is 127 Å². The van der Waals surface area contributed by atoms with E-state index in [0.29, 0.717) is 18.8 Å². The first-order valence-electron chi connectivity index (χ1n) is 7.15. The van der Waals surface area contributed by atoms with Gasteiger partial charge in [0.05, 0.1) is 25.3 Å². The van der Waals surface area contributed by atoms with Crippen molar-refractivity contribution in [1.29, 1.82) is 0 Å². The van der Waals surface area contributed by atoms with Crippen molar-refractivity contribution in [1.82, 2.24) is 4.90 Å². The molecule has 1 fully saturated rings. The third-order valence-corrected chi connectivity index (χ3v) is 2.88. The highest BCUT2D eigenvalue weighted by molar-refractivity contribution is 5.68. The molecule has 0 aromatic carbocycles. The van der Waals surface area contributed by atoms with E-state index in [-0.39, 0.29) is 24.9 Å². The summed E-state index contributed by atoms with van der Waals surface area (Å²) in [7, 11) is 0. The number of allylic oxidation sites excluding steroid dienone is 3. The Kier molecular flexibility index (Phi) is 6.49. The molecule has 118 valence electrons. The van der Waals surface area contributed by atoms with E-state index in [1.54, 1.807) is 17.9 Å². The van der Waals surface area contributed by atoms with Crippen LogP contribution in [0.4, 0.5) is 4.79 Å². The molecule has 0 aromatic rings. The predicted molar refractivity (Wildman–Crippen MR) is 83.8 cm³/mol. The third kappa shape index (κ3) is 6.49. The first kappa shape index (κ1) is 17.3. The molecule has 1 saturated heterocycles. The Hall–Kier alpha value is -1.75. The average Bonchev–Trinajstić information content (AvgIpc) is 2.32. The van der Waals surface area contributed by atoms with Crippen LogP contribution in [-0.4, -0.2) is 42.9 Å². The Morgan fingerprint density at radius 2 is 1.90 bits per heavy atom. The standard InChI is InChI=1S/C16H26N2O3/c1-11(2)6-15(7-12(3)17)10-20-16(19)18-8-13(4)21-14(5)9-18/h6-7,13-14H,1,8-10,17H2,2-5H3/b12-7-,15-6+/t13-,14+. The molecule has 1 aliphatic heterocycles. The summed E-state index contributed by atoms with van der Waals surface area (Å²) in [6, 6.07) is 0. The molecule has 5 nitrogen and oxygen atoms in total. The first-order valence-corrected chi connectivity index (χ1v) is 7.15. The number of carbonyl (C=O) groups is 1. The minimum absolute atomic E-state index is 0.0258. The van der Waals surface area contributed by atoms with Crippen molar-refractivity contribution < 1.29 is 14.3 Å². The third-order valence-electron chi connectivity index (χ3n) is 2.88. The maximum absolute atomic E-state index is 12.1. The lowest BCUT2D eigenvalue weighted by atomic mass is 10.1. The van der Waals surface area contributed by atoms with Gasteiger partial charge in [-0.1, -0.05) is 18.2 Å². The summed E-state index contributed by atoms with van der Waals surface area (Å²) >= 11 is 0. The zero-order valence-electron chi connectivity index (χ0n) is 13.4. The maximum Gasteiger partial charge on any atom is 0.410 e. The SMILES string of the molecule is C=C(C)/C=C(\C=C(\C)N)COC(=O)N1C[C@@H](C)O[C@@H](C)C1. The highest BCUT2D eigenvalue weighted by Crippen LogP contribution is 2.13. The Balaban J connectivity index is 2.61. The van der Waals surface area contributed by atoms with Gasteiger partial charge in [-0.05, 0) is 39.3 Å². The maximum atomic E-state index is 12.1. The number of morpholine rings is 1. The molecule has 1 rings (SSSR count). The van der Waals surface area contributed by atoms with Crippen LogP contribution in [0.15, 0.2) is 35.6 Å². The van der Waals surface area contributed by atoms with Crippen molar-refractivity contribution in [3.8, 4) is 0 Å². The summed E-state index contributed by atoms with van der Waals surface area (Å²) in [5.74, 6) is 0. The van der Waals surface area contributed by atoms with E-state index in [4.69, 9.17) is 15.2 Å². The van der Waals surface area contributed by atoms with Gasteiger partial charge in [-0.15, -0.1) is 0 Å². The number of hydrogen-bond donors (Lipinski definition) is 1. The molecular weight excluding hydrogens is 268 g/mol. The fourth-order valence-electron chi connectivity index (χ4n) is 2.30. The van der Waals surface area contributed by atoms with Gasteiger partial charge in [-0.3, -0.25) is 0 Å². The molecule has 21 heavy (non-hydrogen) atoms. The van der Waals surface area contributed by atoms with E-state index in [2.05, 4.69) is 6.58 Å². The van der Waals surface area contributed by atoms with Crippen LogP contribution in [0.2, 0.25) is 0 Å². The number of amides is 1. The van der Waals surface area contributed by atoms with Gasteiger partial charge >= 0.3 is 6.09 Å². The Morgan fingerprint density at radius 1 is 1.33 bits per heavy atom. The lowest BCUT2D eigenvalue weighted by Gasteiger charge is -2.34. The Bertz CT molecular complexity index is 440. The number of ether oxygens (including phenoxy) is 2. The molecule has 2 atom stereocenters. The molecule has 0 saturated carbocycles. The van der Waals surface area contributed by atoms with E-state index in [9.17, 15) is 4.79 Å².